The van der Waals surface area contributed by atoms with Gasteiger partial charge < -0.3 is 14.6 Å². The molecule has 0 rings (SSSR count). The molecule has 0 saturated heterocycles. The zero-order chi connectivity index (χ0) is 32.7. The fourth-order valence-electron chi connectivity index (χ4n) is 4.54. The van der Waals surface area contributed by atoms with Crippen LogP contribution >= 0.6 is 0 Å². The maximum Gasteiger partial charge on any atom is 0.306 e. The van der Waals surface area contributed by atoms with Crippen molar-refractivity contribution >= 4 is 5.97 Å². The molecule has 4 nitrogen and oxygen atoms in total. The maximum absolute atomic E-state index is 12.1. The highest BCUT2D eigenvalue weighted by atomic mass is 16.6. The number of hydrogen-bond acceptors (Lipinski definition) is 4. The normalized spacial score (nSPS) is 13.4. The highest BCUT2D eigenvalue weighted by Gasteiger charge is 2.13. The number of hydrogen-bond donors (Lipinski definition) is 1. The van der Waals surface area contributed by atoms with Gasteiger partial charge in [-0.3, -0.25) is 4.79 Å². The van der Waals surface area contributed by atoms with Crippen LogP contribution in [0.3, 0.4) is 0 Å². The summed E-state index contributed by atoms with van der Waals surface area (Å²) in [5.41, 5.74) is 0. The second kappa shape index (κ2) is 37.8. The van der Waals surface area contributed by atoms with Gasteiger partial charge in [-0.15, -0.1) is 0 Å². The molecule has 0 aliphatic rings. The topological polar surface area (TPSA) is 55.8 Å². The van der Waals surface area contributed by atoms with Crippen LogP contribution in [0.5, 0.6) is 0 Å². The molecule has 0 aromatic heterocycles. The second-order valence-electron chi connectivity index (χ2n) is 11.6. The minimum absolute atomic E-state index is 0.210. The first-order valence-corrected chi connectivity index (χ1v) is 18.2. The monoisotopic (exact) mass is 625 g/mol. The number of aliphatic hydroxyl groups excluding tert-OH is 1. The zero-order valence-corrected chi connectivity index (χ0v) is 29.1. The zero-order valence-electron chi connectivity index (χ0n) is 29.1. The molecule has 0 aliphatic carbocycles. The van der Waals surface area contributed by atoms with Crippen molar-refractivity contribution in [2.75, 3.05) is 19.8 Å². The lowest BCUT2D eigenvalue weighted by molar-refractivity contribution is -0.154. The molecule has 256 valence electrons. The lowest BCUT2D eigenvalue weighted by Gasteiger charge is -2.15. The quantitative estimate of drug-likeness (QED) is 0.0459. The van der Waals surface area contributed by atoms with E-state index in [0.717, 1.165) is 64.2 Å². The molecule has 0 bridgehead atoms. The lowest BCUT2D eigenvalue weighted by atomic mass is 10.1. The van der Waals surface area contributed by atoms with Crippen LogP contribution in [0.1, 0.15) is 142 Å². The van der Waals surface area contributed by atoms with Crippen molar-refractivity contribution in [1.29, 1.82) is 0 Å². The standard InChI is InChI=1S/C41H68O4/c1-3-5-7-9-11-13-15-17-19-21-22-24-26-28-30-32-34-36-41(43)45-40(38-42)39-44-37-35-33-31-29-27-25-23-20-18-16-14-12-10-8-6-4-2/h6,8,11-14,17-20,25,27,31,33,40,42H,3-5,7,9-10,15-16,21-24,26,28-30,32,34-39H2,1-2H3/b8-6-,13-11-,14-12-,19-17-,20-18-,27-25-,33-31-. The van der Waals surface area contributed by atoms with Crippen LogP contribution in [0, 0.1) is 0 Å². The van der Waals surface area contributed by atoms with Crippen LogP contribution in [0.15, 0.2) is 85.1 Å². The van der Waals surface area contributed by atoms with Gasteiger partial charge in [-0.05, 0) is 77.0 Å². The van der Waals surface area contributed by atoms with Crippen molar-refractivity contribution in [1.82, 2.24) is 0 Å². The Bertz CT molecular complexity index is 830. The Balaban J connectivity index is 3.62. The molecular formula is C41H68O4. The smallest absolute Gasteiger partial charge is 0.306 e. The fourth-order valence-corrected chi connectivity index (χ4v) is 4.54. The van der Waals surface area contributed by atoms with Gasteiger partial charge in [-0.2, -0.15) is 0 Å². The second-order valence-corrected chi connectivity index (χ2v) is 11.6. The predicted octanol–water partition coefficient (Wildman–Crippen LogP) is 11.6. The summed E-state index contributed by atoms with van der Waals surface area (Å²) in [6, 6.07) is 0. The summed E-state index contributed by atoms with van der Waals surface area (Å²) in [6.45, 7) is 4.97. The van der Waals surface area contributed by atoms with Crippen LogP contribution in [0.4, 0.5) is 0 Å². The largest absolute Gasteiger partial charge is 0.457 e. The lowest BCUT2D eigenvalue weighted by Crippen LogP contribution is -2.27. The molecule has 0 aromatic rings. The van der Waals surface area contributed by atoms with Crippen molar-refractivity contribution in [3.8, 4) is 0 Å². The number of carbonyl (C=O) groups is 1. The van der Waals surface area contributed by atoms with Crippen molar-refractivity contribution in [2.45, 2.75) is 148 Å². The van der Waals surface area contributed by atoms with E-state index in [9.17, 15) is 9.90 Å². The number of aliphatic hydroxyl groups is 1. The van der Waals surface area contributed by atoms with E-state index in [0.29, 0.717) is 13.0 Å². The van der Waals surface area contributed by atoms with Gasteiger partial charge in [-0.1, -0.05) is 144 Å². The van der Waals surface area contributed by atoms with Crippen molar-refractivity contribution < 1.29 is 19.4 Å². The van der Waals surface area contributed by atoms with Crippen LogP contribution < -0.4 is 0 Å². The molecule has 1 unspecified atom stereocenters. The third kappa shape index (κ3) is 35.9. The van der Waals surface area contributed by atoms with E-state index in [1.54, 1.807) is 0 Å². The molecule has 0 fully saturated rings. The van der Waals surface area contributed by atoms with Crippen LogP contribution in [0.2, 0.25) is 0 Å². The van der Waals surface area contributed by atoms with Crippen LogP contribution in [-0.4, -0.2) is 37.0 Å². The Hall–Kier alpha value is -2.43. The fraction of sp³-hybridized carbons (Fsp3) is 0.634. The highest BCUT2D eigenvalue weighted by molar-refractivity contribution is 5.69. The summed E-state index contributed by atoms with van der Waals surface area (Å²) in [7, 11) is 0. The molecule has 0 amide bonds. The summed E-state index contributed by atoms with van der Waals surface area (Å²) in [5.74, 6) is -0.238. The van der Waals surface area contributed by atoms with Gasteiger partial charge in [0.15, 0.2) is 0 Å². The predicted molar refractivity (Wildman–Crippen MR) is 195 cm³/mol. The van der Waals surface area contributed by atoms with E-state index >= 15 is 0 Å². The molecule has 0 radical (unpaired) electrons. The molecule has 0 aromatic carbocycles. The van der Waals surface area contributed by atoms with E-state index in [-0.39, 0.29) is 19.2 Å². The number of rotatable bonds is 32. The van der Waals surface area contributed by atoms with Gasteiger partial charge in [0.1, 0.15) is 6.10 Å². The number of unbranched alkanes of at least 4 members (excludes halogenated alkanes) is 10. The summed E-state index contributed by atoms with van der Waals surface area (Å²) in [4.78, 5) is 12.1. The van der Waals surface area contributed by atoms with Crippen molar-refractivity contribution in [3.05, 3.63) is 85.1 Å². The summed E-state index contributed by atoms with van der Waals surface area (Å²) < 4.78 is 11.0. The van der Waals surface area contributed by atoms with E-state index in [1.165, 1.54) is 57.8 Å². The number of esters is 1. The van der Waals surface area contributed by atoms with Gasteiger partial charge in [0, 0.05) is 6.42 Å². The highest BCUT2D eigenvalue weighted by Crippen LogP contribution is 2.11. The number of ether oxygens (including phenoxy) is 2. The third-order valence-corrected chi connectivity index (χ3v) is 7.22. The average Bonchev–Trinajstić information content (AvgIpc) is 3.05. The third-order valence-electron chi connectivity index (χ3n) is 7.22. The van der Waals surface area contributed by atoms with E-state index < -0.39 is 6.10 Å². The molecule has 45 heavy (non-hydrogen) atoms. The molecule has 4 heteroatoms. The van der Waals surface area contributed by atoms with E-state index in [1.807, 2.05) is 0 Å². The first kappa shape index (κ1) is 42.6. The SMILES string of the molecule is CC/C=C\C/C=C\C/C=C\C/C=C\C/C=C\CCOCC(CO)OC(=O)CCCCCCCCC/C=C\C/C=C\CCCCC. The first-order chi connectivity index (χ1) is 22.2. The van der Waals surface area contributed by atoms with Gasteiger partial charge >= 0.3 is 5.97 Å². The van der Waals surface area contributed by atoms with Gasteiger partial charge in [0.25, 0.3) is 0 Å². The van der Waals surface area contributed by atoms with Gasteiger partial charge in [-0.25, -0.2) is 0 Å². The Labute approximate surface area is 278 Å². The summed E-state index contributed by atoms with van der Waals surface area (Å²) >= 11 is 0. The summed E-state index contributed by atoms with van der Waals surface area (Å²) in [6.07, 6.45) is 52.1. The molecule has 0 spiro atoms. The first-order valence-electron chi connectivity index (χ1n) is 18.2. The molecule has 1 N–H and O–H groups in total. The minimum atomic E-state index is -0.582. The Kier molecular flexibility index (Phi) is 35.7. The molecule has 0 aliphatic heterocycles. The average molecular weight is 625 g/mol. The van der Waals surface area contributed by atoms with E-state index in [4.69, 9.17) is 9.47 Å². The molecule has 1 atom stereocenters. The van der Waals surface area contributed by atoms with Crippen molar-refractivity contribution in [3.63, 3.8) is 0 Å². The molecule has 0 saturated carbocycles. The van der Waals surface area contributed by atoms with Crippen LogP contribution in [-0.2, 0) is 14.3 Å². The van der Waals surface area contributed by atoms with Crippen LogP contribution in [0.25, 0.3) is 0 Å². The molecular weight excluding hydrogens is 556 g/mol. The van der Waals surface area contributed by atoms with E-state index in [2.05, 4.69) is 98.9 Å². The summed E-state index contributed by atoms with van der Waals surface area (Å²) in [5, 5.41) is 9.54. The number of allylic oxidation sites excluding steroid dienone is 13. The van der Waals surface area contributed by atoms with Crippen molar-refractivity contribution in [2.24, 2.45) is 0 Å². The van der Waals surface area contributed by atoms with Gasteiger partial charge in [0.2, 0.25) is 0 Å². The number of carbonyl (C=O) groups excluding carboxylic acids is 1. The molecule has 0 heterocycles. The Morgan fingerprint density at radius 2 is 1.00 bits per heavy atom. The Morgan fingerprint density at radius 3 is 1.51 bits per heavy atom. The Morgan fingerprint density at radius 1 is 0.556 bits per heavy atom. The minimum Gasteiger partial charge on any atom is -0.457 e. The van der Waals surface area contributed by atoms with Gasteiger partial charge in [0.05, 0.1) is 19.8 Å². The maximum atomic E-state index is 12.1.